The van der Waals surface area contributed by atoms with Crippen molar-refractivity contribution in [3.8, 4) is 17.0 Å². The third kappa shape index (κ3) is 6.02. The predicted octanol–water partition coefficient (Wildman–Crippen LogP) is 7.03. The zero-order chi connectivity index (χ0) is 22.5. The SMILES string of the molecule is CC(C)(C)[Si](C)(C)OCCc1ccc(-c2cccnc2OCc2ccccc2)c(F)c1. The number of halogens is 1. The molecule has 0 aliphatic carbocycles. The van der Waals surface area contributed by atoms with Crippen molar-refractivity contribution in [1.82, 2.24) is 4.98 Å². The Hall–Kier alpha value is -2.50. The fourth-order valence-electron chi connectivity index (χ4n) is 3.01. The zero-order valence-electron chi connectivity index (χ0n) is 19.1. The topological polar surface area (TPSA) is 31.4 Å². The minimum Gasteiger partial charge on any atom is -0.472 e. The molecule has 0 saturated carbocycles. The molecule has 0 N–H and O–H groups in total. The van der Waals surface area contributed by atoms with Crippen LogP contribution in [0, 0.1) is 5.82 Å². The highest BCUT2D eigenvalue weighted by atomic mass is 28.4. The first-order valence-electron chi connectivity index (χ1n) is 10.7. The number of hydrogen-bond acceptors (Lipinski definition) is 3. The molecule has 0 saturated heterocycles. The summed E-state index contributed by atoms with van der Waals surface area (Å²) in [5, 5.41) is 0.165. The lowest BCUT2D eigenvalue weighted by atomic mass is 10.0. The molecule has 0 amide bonds. The van der Waals surface area contributed by atoms with Crippen LogP contribution in [0.3, 0.4) is 0 Å². The molecule has 0 bridgehead atoms. The Morgan fingerprint density at radius 3 is 2.32 bits per heavy atom. The molecule has 31 heavy (non-hydrogen) atoms. The molecule has 0 atom stereocenters. The van der Waals surface area contributed by atoms with Crippen molar-refractivity contribution < 1.29 is 13.6 Å². The van der Waals surface area contributed by atoms with Gasteiger partial charge in [0.2, 0.25) is 5.88 Å². The van der Waals surface area contributed by atoms with Gasteiger partial charge >= 0.3 is 0 Å². The maximum atomic E-state index is 15.0. The summed E-state index contributed by atoms with van der Waals surface area (Å²) in [7, 11) is -1.80. The van der Waals surface area contributed by atoms with Crippen molar-refractivity contribution >= 4 is 8.32 Å². The first-order valence-corrected chi connectivity index (χ1v) is 13.6. The second kappa shape index (κ2) is 9.75. The predicted molar refractivity (Wildman–Crippen MR) is 127 cm³/mol. The molecular formula is C26H32FNO2Si. The van der Waals surface area contributed by atoms with Gasteiger partial charge in [-0.2, -0.15) is 0 Å². The Bertz CT molecular complexity index is 1000. The summed E-state index contributed by atoms with van der Waals surface area (Å²) < 4.78 is 27.2. The highest BCUT2D eigenvalue weighted by Crippen LogP contribution is 2.36. The second-order valence-corrected chi connectivity index (χ2v) is 14.1. The third-order valence-electron chi connectivity index (χ3n) is 5.97. The van der Waals surface area contributed by atoms with Gasteiger partial charge in [-0.15, -0.1) is 0 Å². The van der Waals surface area contributed by atoms with Crippen LogP contribution in [0.4, 0.5) is 4.39 Å². The van der Waals surface area contributed by atoms with Gasteiger partial charge in [0, 0.05) is 23.9 Å². The summed E-state index contributed by atoms with van der Waals surface area (Å²) in [6.07, 6.45) is 2.35. The summed E-state index contributed by atoms with van der Waals surface area (Å²) in [6, 6.07) is 18.9. The van der Waals surface area contributed by atoms with Crippen LogP contribution in [-0.4, -0.2) is 19.9 Å². The highest BCUT2D eigenvalue weighted by molar-refractivity contribution is 6.74. The Balaban J connectivity index is 1.70. The molecular weight excluding hydrogens is 405 g/mol. The van der Waals surface area contributed by atoms with E-state index in [9.17, 15) is 0 Å². The Morgan fingerprint density at radius 2 is 1.65 bits per heavy atom. The van der Waals surface area contributed by atoms with Gasteiger partial charge in [-0.3, -0.25) is 0 Å². The van der Waals surface area contributed by atoms with E-state index < -0.39 is 8.32 Å². The monoisotopic (exact) mass is 437 g/mol. The smallest absolute Gasteiger partial charge is 0.221 e. The summed E-state index contributed by atoms with van der Waals surface area (Å²) in [5.41, 5.74) is 3.11. The minimum atomic E-state index is -1.80. The molecule has 1 aromatic heterocycles. The van der Waals surface area contributed by atoms with Crippen molar-refractivity contribution in [3.05, 3.63) is 83.8 Å². The first kappa shape index (κ1) is 23.2. The van der Waals surface area contributed by atoms with E-state index >= 15 is 4.39 Å². The molecule has 0 radical (unpaired) electrons. The normalized spacial score (nSPS) is 12.1. The molecule has 3 aromatic rings. The standard InChI is InChI=1S/C26H32FNO2Si/c1-26(2,3)31(4,5)30-17-15-20-13-14-22(24(27)18-20)23-12-9-16-28-25(23)29-19-21-10-7-6-8-11-21/h6-14,16,18H,15,17,19H2,1-5H3. The largest absolute Gasteiger partial charge is 0.472 e. The number of rotatable bonds is 8. The van der Waals surface area contributed by atoms with Crippen LogP contribution >= 0.6 is 0 Å². The molecule has 2 aromatic carbocycles. The fraction of sp³-hybridized carbons (Fsp3) is 0.346. The lowest BCUT2D eigenvalue weighted by Gasteiger charge is -2.36. The second-order valence-electron chi connectivity index (χ2n) is 9.30. The van der Waals surface area contributed by atoms with E-state index in [2.05, 4.69) is 38.8 Å². The van der Waals surface area contributed by atoms with E-state index in [1.54, 1.807) is 18.3 Å². The van der Waals surface area contributed by atoms with Crippen molar-refractivity contribution in [3.63, 3.8) is 0 Å². The van der Waals surface area contributed by atoms with E-state index in [0.29, 0.717) is 36.6 Å². The third-order valence-corrected chi connectivity index (χ3v) is 10.5. The van der Waals surface area contributed by atoms with Gasteiger partial charge in [-0.05, 0) is 53.9 Å². The van der Waals surface area contributed by atoms with Crippen molar-refractivity contribution in [1.29, 1.82) is 0 Å². The number of benzene rings is 2. The van der Waals surface area contributed by atoms with Crippen LogP contribution in [0.2, 0.25) is 18.1 Å². The summed E-state index contributed by atoms with van der Waals surface area (Å²) in [6.45, 7) is 12.1. The molecule has 3 nitrogen and oxygen atoms in total. The van der Waals surface area contributed by atoms with Crippen molar-refractivity contribution in [2.75, 3.05) is 6.61 Å². The molecule has 0 aliphatic rings. The molecule has 0 aliphatic heterocycles. The molecule has 5 heteroatoms. The van der Waals surface area contributed by atoms with Crippen LogP contribution in [0.25, 0.3) is 11.1 Å². The number of pyridine rings is 1. The van der Waals surface area contributed by atoms with E-state index in [-0.39, 0.29) is 10.9 Å². The van der Waals surface area contributed by atoms with Crippen LogP contribution in [0.1, 0.15) is 31.9 Å². The highest BCUT2D eigenvalue weighted by Gasteiger charge is 2.36. The lowest BCUT2D eigenvalue weighted by Crippen LogP contribution is -2.41. The number of ether oxygens (including phenoxy) is 1. The molecule has 0 unspecified atom stereocenters. The van der Waals surface area contributed by atoms with Gasteiger partial charge in [0.05, 0.1) is 0 Å². The van der Waals surface area contributed by atoms with Crippen molar-refractivity contribution in [2.45, 2.75) is 51.9 Å². The van der Waals surface area contributed by atoms with Gasteiger partial charge in [0.1, 0.15) is 12.4 Å². The Labute approximate surface area is 186 Å². The van der Waals surface area contributed by atoms with Gasteiger partial charge in [-0.25, -0.2) is 9.37 Å². The lowest BCUT2D eigenvalue weighted by molar-refractivity contribution is 0.292. The number of aromatic nitrogens is 1. The number of hydrogen-bond donors (Lipinski definition) is 0. The maximum absolute atomic E-state index is 15.0. The van der Waals surface area contributed by atoms with E-state index in [1.807, 2.05) is 48.5 Å². The average molecular weight is 438 g/mol. The molecule has 3 rings (SSSR count). The van der Waals surface area contributed by atoms with Crippen LogP contribution in [0.15, 0.2) is 66.9 Å². The van der Waals surface area contributed by atoms with Crippen LogP contribution in [-0.2, 0) is 17.5 Å². The molecule has 0 spiro atoms. The van der Waals surface area contributed by atoms with Crippen LogP contribution in [0.5, 0.6) is 5.88 Å². The van der Waals surface area contributed by atoms with E-state index in [4.69, 9.17) is 9.16 Å². The van der Waals surface area contributed by atoms with Gasteiger partial charge in [-0.1, -0.05) is 63.2 Å². The molecule has 164 valence electrons. The summed E-state index contributed by atoms with van der Waals surface area (Å²) >= 11 is 0. The van der Waals surface area contributed by atoms with Gasteiger partial charge in [0.15, 0.2) is 8.32 Å². The maximum Gasteiger partial charge on any atom is 0.221 e. The average Bonchev–Trinajstić information content (AvgIpc) is 2.72. The quantitative estimate of drug-likeness (QED) is 0.354. The van der Waals surface area contributed by atoms with Gasteiger partial charge in [0.25, 0.3) is 0 Å². The Morgan fingerprint density at radius 1 is 0.903 bits per heavy atom. The number of nitrogens with zero attached hydrogens (tertiary/aromatic N) is 1. The minimum absolute atomic E-state index is 0.165. The van der Waals surface area contributed by atoms with Crippen LogP contribution < -0.4 is 4.74 Å². The van der Waals surface area contributed by atoms with Gasteiger partial charge < -0.3 is 9.16 Å². The molecule has 1 heterocycles. The summed E-state index contributed by atoms with van der Waals surface area (Å²) in [5.74, 6) is 0.154. The van der Waals surface area contributed by atoms with E-state index in [0.717, 1.165) is 11.1 Å². The Kier molecular flexibility index (Phi) is 7.29. The zero-order valence-corrected chi connectivity index (χ0v) is 20.1. The molecule has 0 fully saturated rings. The fourth-order valence-corrected chi connectivity index (χ4v) is 4.06. The van der Waals surface area contributed by atoms with Crippen molar-refractivity contribution in [2.24, 2.45) is 0 Å². The summed E-state index contributed by atoms with van der Waals surface area (Å²) in [4.78, 5) is 4.33. The van der Waals surface area contributed by atoms with E-state index in [1.165, 1.54) is 0 Å². The first-order chi connectivity index (χ1) is 14.7.